The summed E-state index contributed by atoms with van der Waals surface area (Å²) in [7, 11) is -2.78. The lowest BCUT2D eigenvalue weighted by molar-refractivity contribution is 0.0692. The summed E-state index contributed by atoms with van der Waals surface area (Å²) in [5.74, 6) is -2.42. The van der Waals surface area contributed by atoms with Gasteiger partial charge in [0.1, 0.15) is 17.4 Å². The zero-order valence-corrected chi connectivity index (χ0v) is 17.6. The van der Waals surface area contributed by atoms with Gasteiger partial charge in [-0.15, -0.1) is 0 Å². The van der Waals surface area contributed by atoms with Crippen LogP contribution in [-0.2, 0) is 16.4 Å². The van der Waals surface area contributed by atoms with Crippen molar-refractivity contribution >= 4 is 26.7 Å². The number of carboxylic acids is 1. The monoisotopic (exact) mass is 457 g/mol. The first kappa shape index (κ1) is 21.5. The Kier molecular flexibility index (Phi) is 5.43. The van der Waals surface area contributed by atoms with Crippen molar-refractivity contribution in [3.63, 3.8) is 0 Å². The lowest BCUT2D eigenvalue weighted by Crippen LogP contribution is -2.09. The number of nitrogens with zero attached hydrogens (tertiary/aromatic N) is 1. The summed E-state index contributed by atoms with van der Waals surface area (Å²) in [5, 5.41) is 9.77. The highest BCUT2D eigenvalue weighted by Gasteiger charge is 2.28. The maximum absolute atomic E-state index is 13.7. The molecule has 0 radical (unpaired) electrons. The summed E-state index contributed by atoms with van der Waals surface area (Å²) < 4.78 is 61.1. The largest absolute Gasteiger partial charge is 0.497 e. The van der Waals surface area contributed by atoms with Crippen LogP contribution in [0.1, 0.15) is 15.9 Å². The van der Waals surface area contributed by atoms with E-state index < -0.39 is 27.4 Å². The average Bonchev–Trinajstić information content (AvgIpc) is 3.11. The molecule has 0 saturated heterocycles. The van der Waals surface area contributed by atoms with Gasteiger partial charge in [-0.2, -0.15) is 0 Å². The Morgan fingerprint density at radius 2 is 1.69 bits per heavy atom. The van der Waals surface area contributed by atoms with Crippen LogP contribution in [0.25, 0.3) is 10.9 Å². The van der Waals surface area contributed by atoms with Crippen LogP contribution in [0.15, 0.2) is 76.7 Å². The third kappa shape index (κ3) is 3.82. The minimum absolute atomic E-state index is 0.0194. The van der Waals surface area contributed by atoms with Crippen LogP contribution < -0.4 is 4.74 Å². The van der Waals surface area contributed by atoms with Gasteiger partial charge < -0.3 is 14.4 Å². The zero-order chi connectivity index (χ0) is 23.0. The van der Waals surface area contributed by atoms with Gasteiger partial charge in [0.15, 0.2) is 0 Å². The summed E-state index contributed by atoms with van der Waals surface area (Å²) in [6.07, 6.45) is 1.33. The van der Waals surface area contributed by atoms with Crippen LogP contribution in [0, 0.1) is 11.6 Å². The lowest BCUT2D eigenvalue weighted by atomic mass is 10.2. The van der Waals surface area contributed by atoms with E-state index in [1.807, 2.05) is 0 Å². The number of aromatic carboxylic acids is 1. The van der Waals surface area contributed by atoms with Crippen LogP contribution in [0.2, 0.25) is 0 Å². The second-order valence-corrected chi connectivity index (χ2v) is 8.97. The van der Waals surface area contributed by atoms with Gasteiger partial charge in [-0.1, -0.05) is 12.1 Å². The SMILES string of the molecule is COc1ccc2c(S(=O)(=O)c3ccccc3C(=O)O)cn(Cc3cc(F)cc(F)c3)c2c1. The van der Waals surface area contributed by atoms with Crippen LogP contribution >= 0.6 is 0 Å². The van der Waals surface area contributed by atoms with E-state index in [0.29, 0.717) is 16.7 Å². The number of aromatic nitrogens is 1. The van der Waals surface area contributed by atoms with E-state index in [1.54, 1.807) is 18.2 Å². The molecule has 0 aliphatic heterocycles. The zero-order valence-electron chi connectivity index (χ0n) is 16.7. The molecule has 9 heteroatoms. The molecule has 4 rings (SSSR count). The first-order valence-corrected chi connectivity index (χ1v) is 10.9. The van der Waals surface area contributed by atoms with E-state index in [0.717, 1.165) is 18.2 Å². The number of halogens is 2. The molecule has 0 bridgehead atoms. The first-order valence-electron chi connectivity index (χ1n) is 9.40. The summed E-state index contributed by atoms with van der Waals surface area (Å²) in [6.45, 7) is -0.0194. The van der Waals surface area contributed by atoms with Crippen molar-refractivity contribution in [1.82, 2.24) is 4.57 Å². The molecule has 6 nitrogen and oxygen atoms in total. The number of benzene rings is 3. The van der Waals surface area contributed by atoms with E-state index in [-0.39, 0.29) is 27.5 Å². The molecule has 0 aliphatic carbocycles. The van der Waals surface area contributed by atoms with Crippen molar-refractivity contribution in [2.24, 2.45) is 0 Å². The fourth-order valence-electron chi connectivity index (χ4n) is 3.61. The van der Waals surface area contributed by atoms with Gasteiger partial charge in [0.2, 0.25) is 9.84 Å². The number of carbonyl (C=O) groups is 1. The molecule has 1 N–H and O–H groups in total. The molecule has 1 aromatic heterocycles. The van der Waals surface area contributed by atoms with Crippen molar-refractivity contribution < 1.29 is 31.8 Å². The summed E-state index contributed by atoms with van der Waals surface area (Å²) in [6, 6.07) is 13.1. The number of sulfone groups is 1. The van der Waals surface area contributed by atoms with E-state index in [1.165, 1.54) is 42.1 Å². The lowest BCUT2D eigenvalue weighted by Gasteiger charge is -2.07. The maximum Gasteiger partial charge on any atom is 0.337 e. The first-order chi connectivity index (χ1) is 15.2. The Labute approximate surface area is 182 Å². The van der Waals surface area contributed by atoms with E-state index in [2.05, 4.69) is 0 Å². The highest BCUT2D eigenvalue weighted by molar-refractivity contribution is 7.91. The summed E-state index contributed by atoms with van der Waals surface area (Å²) in [4.78, 5) is 11.1. The minimum atomic E-state index is -4.24. The third-order valence-electron chi connectivity index (χ3n) is 5.02. The van der Waals surface area contributed by atoms with E-state index >= 15 is 0 Å². The molecule has 0 saturated carbocycles. The fraction of sp³-hybridized carbons (Fsp3) is 0.0870. The quantitative estimate of drug-likeness (QED) is 0.461. The van der Waals surface area contributed by atoms with Crippen molar-refractivity contribution in [3.8, 4) is 5.75 Å². The van der Waals surface area contributed by atoms with E-state index in [9.17, 15) is 27.1 Å². The molecule has 0 unspecified atom stereocenters. The van der Waals surface area contributed by atoms with Gasteiger partial charge >= 0.3 is 5.97 Å². The molecular formula is C23H17F2NO5S. The van der Waals surface area contributed by atoms with Gasteiger partial charge in [0, 0.05) is 30.3 Å². The summed E-state index contributed by atoms with van der Waals surface area (Å²) >= 11 is 0. The molecule has 164 valence electrons. The number of hydrogen-bond donors (Lipinski definition) is 1. The number of fused-ring (bicyclic) bond motifs is 1. The molecule has 32 heavy (non-hydrogen) atoms. The normalized spacial score (nSPS) is 11.6. The molecule has 0 fully saturated rings. The average molecular weight is 457 g/mol. The van der Waals surface area contributed by atoms with Gasteiger partial charge in [-0.05, 0) is 42.0 Å². The van der Waals surface area contributed by atoms with Gasteiger partial charge in [0.25, 0.3) is 0 Å². The predicted molar refractivity (Wildman–Crippen MR) is 113 cm³/mol. The smallest absolute Gasteiger partial charge is 0.337 e. The Balaban J connectivity index is 1.94. The number of ether oxygens (including phenoxy) is 1. The van der Waals surface area contributed by atoms with Crippen molar-refractivity contribution in [2.45, 2.75) is 16.3 Å². The van der Waals surface area contributed by atoms with E-state index in [4.69, 9.17) is 4.74 Å². The molecule has 0 aliphatic rings. The minimum Gasteiger partial charge on any atom is -0.497 e. The summed E-state index contributed by atoms with van der Waals surface area (Å²) in [5.41, 5.74) is 0.381. The van der Waals surface area contributed by atoms with Crippen molar-refractivity contribution in [1.29, 1.82) is 0 Å². The number of hydrogen-bond acceptors (Lipinski definition) is 4. The highest BCUT2D eigenvalue weighted by atomic mass is 32.2. The predicted octanol–water partition coefficient (Wildman–Crippen LogP) is 4.51. The Bertz CT molecular complexity index is 1440. The molecule has 0 atom stereocenters. The molecular weight excluding hydrogens is 440 g/mol. The molecule has 4 aromatic rings. The molecule has 3 aromatic carbocycles. The Morgan fingerprint density at radius 3 is 2.34 bits per heavy atom. The topological polar surface area (TPSA) is 85.6 Å². The molecule has 1 heterocycles. The van der Waals surface area contributed by atoms with Crippen LogP contribution in [0.3, 0.4) is 0 Å². The Hall–Kier alpha value is -3.72. The molecule has 0 spiro atoms. The van der Waals surface area contributed by atoms with Crippen LogP contribution in [-0.4, -0.2) is 31.2 Å². The number of methoxy groups -OCH3 is 1. The van der Waals surface area contributed by atoms with Crippen LogP contribution in [0.5, 0.6) is 5.75 Å². The standard InChI is InChI=1S/C23H17F2NO5S/c1-31-17-6-7-18-20(11-17)26(12-14-8-15(24)10-16(25)9-14)13-22(18)32(29,30)21-5-3-2-4-19(21)23(27)28/h2-11,13H,12H2,1H3,(H,27,28). The second kappa shape index (κ2) is 8.08. The van der Waals surface area contributed by atoms with Gasteiger partial charge in [-0.25, -0.2) is 22.0 Å². The van der Waals surface area contributed by atoms with Gasteiger partial charge in [-0.3, -0.25) is 0 Å². The van der Waals surface area contributed by atoms with Crippen molar-refractivity contribution in [2.75, 3.05) is 7.11 Å². The van der Waals surface area contributed by atoms with Crippen molar-refractivity contribution in [3.05, 3.63) is 89.6 Å². The third-order valence-corrected chi connectivity index (χ3v) is 6.86. The van der Waals surface area contributed by atoms with Gasteiger partial charge in [0.05, 0.1) is 28.0 Å². The fourth-order valence-corrected chi connectivity index (χ4v) is 5.27. The Morgan fingerprint density at radius 1 is 1.00 bits per heavy atom. The maximum atomic E-state index is 13.7. The van der Waals surface area contributed by atoms with Crippen LogP contribution in [0.4, 0.5) is 8.78 Å². The highest BCUT2D eigenvalue weighted by Crippen LogP contribution is 2.34. The number of rotatable bonds is 6. The second-order valence-electron chi connectivity index (χ2n) is 7.09. The molecule has 0 amide bonds. The number of carboxylic acid groups (broad SMARTS) is 1.